The highest BCUT2D eigenvalue weighted by Gasteiger charge is 2.17. The number of nitrogens with one attached hydrogen (secondary N) is 3. The fourth-order valence-electron chi connectivity index (χ4n) is 2.13. The molecule has 1 amide bonds. The van der Waals surface area contributed by atoms with Crippen LogP contribution in [0.25, 0.3) is 10.9 Å². The number of benzene rings is 1. The lowest BCUT2D eigenvalue weighted by molar-refractivity contribution is 0.0940. The number of aromatic amines is 1. The molecule has 5 nitrogen and oxygen atoms in total. The Morgan fingerprint density at radius 3 is 3.24 bits per heavy atom. The molecule has 2 aromatic rings. The number of hydrogen-bond acceptors (Lipinski definition) is 3. The van der Waals surface area contributed by atoms with Crippen molar-refractivity contribution < 1.29 is 4.79 Å². The van der Waals surface area contributed by atoms with Crippen molar-refractivity contribution in [3.05, 3.63) is 30.0 Å². The Hall–Kier alpha value is -1.88. The standard InChI is InChI=1S/C12H14N4O/c17-12(15-10-3-4-13-7-10)8-1-2-11-9(5-8)6-14-16-11/h1-2,5-6,10,13H,3-4,7H2,(H,14,16)(H,15,17)/t10-/m0/s1. The fourth-order valence-corrected chi connectivity index (χ4v) is 2.13. The van der Waals surface area contributed by atoms with Crippen LogP contribution < -0.4 is 10.6 Å². The molecular weight excluding hydrogens is 216 g/mol. The highest BCUT2D eigenvalue weighted by molar-refractivity contribution is 5.98. The van der Waals surface area contributed by atoms with E-state index in [1.54, 1.807) is 6.20 Å². The van der Waals surface area contributed by atoms with E-state index < -0.39 is 0 Å². The summed E-state index contributed by atoms with van der Waals surface area (Å²) < 4.78 is 0. The van der Waals surface area contributed by atoms with E-state index in [4.69, 9.17) is 0 Å². The fraction of sp³-hybridized carbons (Fsp3) is 0.333. The Labute approximate surface area is 98.6 Å². The molecule has 0 bridgehead atoms. The van der Waals surface area contributed by atoms with E-state index in [2.05, 4.69) is 20.8 Å². The molecule has 5 heteroatoms. The van der Waals surface area contributed by atoms with E-state index >= 15 is 0 Å². The summed E-state index contributed by atoms with van der Waals surface area (Å²) in [5.74, 6) is -0.0122. The van der Waals surface area contributed by atoms with Gasteiger partial charge in [0.1, 0.15) is 0 Å². The van der Waals surface area contributed by atoms with Gasteiger partial charge in [0.15, 0.2) is 0 Å². The molecule has 1 atom stereocenters. The molecule has 1 fully saturated rings. The number of aromatic nitrogens is 2. The number of H-pyrrole nitrogens is 1. The second-order valence-corrected chi connectivity index (χ2v) is 4.34. The largest absolute Gasteiger partial charge is 0.348 e. The predicted octanol–water partition coefficient (Wildman–Crippen LogP) is 0.655. The summed E-state index contributed by atoms with van der Waals surface area (Å²) in [6.45, 7) is 1.84. The molecule has 88 valence electrons. The Kier molecular flexibility index (Phi) is 2.53. The summed E-state index contributed by atoms with van der Waals surface area (Å²) >= 11 is 0. The number of amides is 1. The van der Waals surface area contributed by atoms with Crippen molar-refractivity contribution in [3.63, 3.8) is 0 Å². The van der Waals surface area contributed by atoms with Crippen molar-refractivity contribution in [2.45, 2.75) is 12.5 Å². The first kappa shape index (κ1) is 10.3. The maximum atomic E-state index is 12.0. The van der Waals surface area contributed by atoms with Crippen molar-refractivity contribution in [3.8, 4) is 0 Å². The number of fused-ring (bicyclic) bond motifs is 1. The average Bonchev–Trinajstić information content (AvgIpc) is 2.97. The molecule has 2 heterocycles. The monoisotopic (exact) mass is 230 g/mol. The molecular formula is C12H14N4O. The topological polar surface area (TPSA) is 69.8 Å². The first-order valence-electron chi connectivity index (χ1n) is 5.77. The van der Waals surface area contributed by atoms with E-state index in [0.29, 0.717) is 5.56 Å². The minimum absolute atomic E-state index is 0.0122. The van der Waals surface area contributed by atoms with Gasteiger partial charge < -0.3 is 10.6 Å². The Balaban J connectivity index is 1.79. The molecule has 0 aliphatic carbocycles. The lowest BCUT2D eigenvalue weighted by Crippen LogP contribution is -2.36. The van der Waals surface area contributed by atoms with Gasteiger partial charge in [0.2, 0.25) is 0 Å². The lowest BCUT2D eigenvalue weighted by atomic mass is 10.1. The lowest BCUT2D eigenvalue weighted by Gasteiger charge is -2.11. The Bertz CT molecular complexity index is 542. The van der Waals surface area contributed by atoms with Crippen LogP contribution in [0.4, 0.5) is 0 Å². The summed E-state index contributed by atoms with van der Waals surface area (Å²) in [6.07, 6.45) is 2.73. The van der Waals surface area contributed by atoms with Crippen LogP contribution in [0.3, 0.4) is 0 Å². The molecule has 0 spiro atoms. The van der Waals surface area contributed by atoms with Crippen LogP contribution >= 0.6 is 0 Å². The van der Waals surface area contributed by atoms with Gasteiger partial charge >= 0.3 is 0 Å². The second kappa shape index (κ2) is 4.18. The van der Waals surface area contributed by atoms with Gasteiger partial charge in [0.25, 0.3) is 5.91 Å². The molecule has 17 heavy (non-hydrogen) atoms. The molecule has 1 aliphatic heterocycles. The maximum Gasteiger partial charge on any atom is 0.251 e. The number of rotatable bonds is 2. The van der Waals surface area contributed by atoms with Gasteiger partial charge in [-0.05, 0) is 31.2 Å². The predicted molar refractivity (Wildman–Crippen MR) is 64.8 cm³/mol. The van der Waals surface area contributed by atoms with Gasteiger partial charge in [-0.25, -0.2) is 0 Å². The van der Waals surface area contributed by atoms with Crippen LogP contribution in [0.2, 0.25) is 0 Å². The minimum Gasteiger partial charge on any atom is -0.348 e. The maximum absolute atomic E-state index is 12.0. The van der Waals surface area contributed by atoms with Crippen molar-refractivity contribution in [1.82, 2.24) is 20.8 Å². The van der Waals surface area contributed by atoms with E-state index in [0.717, 1.165) is 30.4 Å². The van der Waals surface area contributed by atoms with Gasteiger partial charge in [-0.2, -0.15) is 5.10 Å². The van der Waals surface area contributed by atoms with Crippen molar-refractivity contribution in [1.29, 1.82) is 0 Å². The number of carbonyl (C=O) groups is 1. The van der Waals surface area contributed by atoms with Gasteiger partial charge in [0, 0.05) is 23.5 Å². The molecule has 0 unspecified atom stereocenters. The van der Waals surface area contributed by atoms with Crippen LogP contribution in [0.5, 0.6) is 0 Å². The van der Waals surface area contributed by atoms with E-state index in [-0.39, 0.29) is 11.9 Å². The summed E-state index contributed by atoms with van der Waals surface area (Å²) in [5.41, 5.74) is 1.63. The molecule has 1 aromatic carbocycles. The molecule has 1 aromatic heterocycles. The SMILES string of the molecule is O=C(N[C@H]1CCNC1)c1ccc2[nH]ncc2c1. The van der Waals surface area contributed by atoms with E-state index in [1.165, 1.54) is 0 Å². The number of carbonyl (C=O) groups excluding carboxylic acids is 1. The summed E-state index contributed by atoms with van der Waals surface area (Å²) in [4.78, 5) is 12.0. The van der Waals surface area contributed by atoms with Gasteiger partial charge in [0.05, 0.1) is 11.7 Å². The zero-order valence-corrected chi connectivity index (χ0v) is 9.36. The zero-order chi connectivity index (χ0) is 11.7. The molecule has 0 radical (unpaired) electrons. The van der Waals surface area contributed by atoms with Crippen LogP contribution in [0, 0.1) is 0 Å². The normalized spacial score (nSPS) is 19.6. The average molecular weight is 230 g/mol. The third-order valence-corrected chi connectivity index (χ3v) is 3.10. The van der Waals surface area contributed by atoms with Gasteiger partial charge in [-0.3, -0.25) is 9.89 Å². The summed E-state index contributed by atoms with van der Waals surface area (Å²) in [5, 5.41) is 14.0. The zero-order valence-electron chi connectivity index (χ0n) is 9.36. The molecule has 3 rings (SSSR count). The third kappa shape index (κ3) is 2.01. The van der Waals surface area contributed by atoms with Crippen molar-refractivity contribution in [2.75, 3.05) is 13.1 Å². The Morgan fingerprint density at radius 1 is 1.47 bits per heavy atom. The number of hydrogen-bond donors (Lipinski definition) is 3. The quantitative estimate of drug-likeness (QED) is 0.709. The summed E-state index contributed by atoms with van der Waals surface area (Å²) in [7, 11) is 0. The van der Waals surface area contributed by atoms with Crippen molar-refractivity contribution >= 4 is 16.8 Å². The van der Waals surface area contributed by atoms with Gasteiger partial charge in [-0.1, -0.05) is 0 Å². The van der Waals surface area contributed by atoms with Crippen LogP contribution in [-0.2, 0) is 0 Å². The molecule has 3 N–H and O–H groups in total. The van der Waals surface area contributed by atoms with Gasteiger partial charge in [-0.15, -0.1) is 0 Å². The minimum atomic E-state index is -0.0122. The van der Waals surface area contributed by atoms with E-state index in [9.17, 15) is 4.79 Å². The highest BCUT2D eigenvalue weighted by Crippen LogP contribution is 2.13. The molecule has 1 saturated heterocycles. The first-order chi connectivity index (χ1) is 8.33. The molecule has 1 aliphatic rings. The van der Waals surface area contributed by atoms with Crippen LogP contribution in [-0.4, -0.2) is 35.2 Å². The van der Waals surface area contributed by atoms with E-state index in [1.807, 2.05) is 18.2 Å². The van der Waals surface area contributed by atoms with Crippen molar-refractivity contribution in [2.24, 2.45) is 0 Å². The second-order valence-electron chi connectivity index (χ2n) is 4.34. The summed E-state index contributed by atoms with van der Waals surface area (Å²) in [6, 6.07) is 5.81. The molecule has 0 saturated carbocycles. The number of nitrogens with zero attached hydrogens (tertiary/aromatic N) is 1. The third-order valence-electron chi connectivity index (χ3n) is 3.10. The van der Waals surface area contributed by atoms with Crippen LogP contribution in [0.15, 0.2) is 24.4 Å². The van der Waals surface area contributed by atoms with Crippen LogP contribution in [0.1, 0.15) is 16.8 Å². The smallest absolute Gasteiger partial charge is 0.251 e. The first-order valence-corrected chi connectivity index (χ1v) is 5.77. The highest BCUT2D eigenvalue weighted by atomic mass is 16.1. The Morgan fingerprint density at radius 2 is 2.41 bits per heavy atom.